The van der Waals surface area contributed by atoms with E-state index in [1.807, 2.05) is 13.8 Å². The zero-order valence-electron chi connectivity index (χ0n) is 21.4. The molecule has 0 spiro atoms. The Balaban J connectivity index is 2.20. The minimum Gasteiger partial charge on any atom is -0.497 e. The molecule has 0 aromatic heterocycles. The van der Waals surface area contributed by atoms with Gasteiger partial charge >= 0.3 is 0 Å². The van der Waals surface area contributed by atoms with E-state index in [-0.39, 0.29) is 43.6 Å². The standard InChI is InChI=1S/C26H36FN3O5S/c1-5-16-28-26(32)24(6-2)29(19-20-12-14-21(27)15-13-20)25(31)11-8-17-30(36(4,33)34)22-9-7-10-23(18-22)35-3/h7,9-10,12-15,18,24H,5-6,8,11,16-17,19H2,1-4H3,(H,28,32). The van der Waals surface area contributed by atoms with Gasteiger partial charge < -0.3 is 15.0 Å². The van der Waals surface area contributed by atoms with E-state index in [2.05, 4.69) is 5.32 Å². The molecule has 1 N–H and O–H groups in total. The number of amides is 2. The van der Waals surface area contributed by atoms with Gasteiger partial charge in [-0.05, 0) is 49.1 Å². The van der Waals surface area contributed by atoms with Gasteiger partial charge in [-0.2, -0.15) is 0 Å². The predicted octanol–water partition coefficient (Wildman–Crippen LogP) is 3.71. The van der Waals surface area contributed by atoms with E-state index in [1.165, 1.54) is 28.4 Å². The van der Waals surface area contributed by atoms with Crippen LogP contribution < -0.4 is 14.4 Å². The summed E-state index contributed by atoms with van der Waals surface area (Å²) in [6, 6.07) is 11.8. The Hall–Kier alpha value is -3.14. The van der Waals surface area contributed by atoms with Crippen molar-refractivity contribution in [1.82, 2.24) is 10.2 Å². The maximum Gasteiger partial charge on any atom is 0.242 e. The van der Waals surface area contributed by atoms with E-state index in [9.17, 15) is 22.4 Å². The molecule has 1 atom stereocenters. The molecule has 10 heteroatoms. The summed E-state index contributed by atoms with van der Waals surface area (Å²) < 4.78 is 44.8. The second kappa shape index (κ2) is 13.8. The lowest BCUT2D eigenvalue weighted by atomic mass is 10.1. The molecule has 2 rings (SSSR count). The minimum atomic E-state index is -3.61. The lowest BCUT2D eigenvalue weighted by Gasteiger charge is -2.31. The van der Waals surface area contributed by atoms with Crippen LogP contribution in [-0.4, -0.2) is 57.6 Å². The van der Waals surface area contributed by atoms with Crippen molar-refractivity contribution in [1.29, 1.82) is 0 Å². The van der Waals surface area contributed by atoms with Gasteiger partial charge in [0, 0.05) is 32.1 Å². The Morgan fingerprint density at radius 2 is 1.81 bits per heavy atom. The van der Waals surface area contributed by atoms with Crippen LogP contribution >= 0.6 is 0 Å². The number of benzene rings is 2. The van der Waals surface area contributed by atoms with Crippen LogP contribution in [-0.2, 0) is 26.2 Å². The molecule has 0 bridgehead atoms. The SMILES string of the molecule is CCCNC(=O)C(CC)N(Cc1ccc(F)cc1)C(=O)CCCN(c1cccc(OC)c1)S(C)(=O)=O. The first-order valence-electron chi connectivity index (χ1n) is 12.0. The summed E-state index contributed by atoms with van der Waals surface area (Å²) in [5, 5.41) is 2.85. The van der Waals surface area contributed by atoms with Gasteiger partial charge in [0.05, 0.1) is 19.1 Å². The quantitative estimate of drug-likeness (QED) is 0.409. The third kappa shape index (κ3) is 8.51. The van der Waals surface area contributed by atoms with Crippen LogP contribution in [0.25, 0.3) is 0 Å². The predicted molar refractivity (Wildman–Crippen MR) is 139 cm³/mol. The Labute approximate surface area is 213 Å². The second-order valence-electron chi connectivity index (χ2n) is 8.50. The molecule has 0 saturated carbocycles. The molecule has 8 nitrogen and oxygen atoms in total. The molecular weight excluding hydrogens is 485 g/mol. The van der Waals surface area contributed by atoms with Crippen molar-refractivity contribution in [2.75, 3.05) is 30.8 Å². The van der Waals surface area contributed by atoms with E-state index >= 15 is 0 Å². The fourth-order valence-electron chi connectivity index (χ4n) is 3.84. The van der Waals surface area contributed by atoms with Gasteiger partial charge in [0.2, 0.25) is 21.8 Å². The number of nitrogens with zero attached hydrogens (tertiary/aromatic N) is 2. The van der Waals surface area contributed by atoms with E-state index in [0.29, 0.717) is 30.0 Å². The molecule has 2 amide bonds. The van der Waals surface area contributed by atoms with Crippen LogP contribution in [0, 0.1) is 5.82 Å². The van der Waals surface area contributed by atoms with Gasteiger partial charge in [-0.3, -0.25) is 13.9 Å². The zero-order valence-corrected chi connectivity index (χ0v) is 22.2. The maximum absolute atomic E-state index is 13.4. The highest BCUT2D eigenvalue weighted by Gasteiger charge is 2.28. The monoisotopic (exact) mass is 521 g/mol. The zero-order chi connectivity index (χ0) is 26.7. The molecule has 2 aromatic rings. The van der Waals surface area contributed by atoms with Crippen LogP contribution in [0.5, 0.6) is 5.75 Å². The first-order valence-corrected chi connectivity index (χ1v) is 13.9. The Morgan fingerprint density at radius 1 is 1.11 bits per heavy atom. The Morgan fingerprint density at radius 3 is 2.39 bits per heavy atom. The summed E-state index contributed by atoms with van der Waals surface area (Å²) in [4.78, 5) is 27.7. The fraction of sp³-hybridized carbons (Fsp3) is 0.462. The van der Waals surface area contributed by atoms with Crippen LogP contribution in [0.4, 0.5) is 10.1 Å². The molecule has 0 aliphatic carbocycles. The average molecular weight is 522 g/mol. The third-order valence-electron chi connectivity index (χ3n) is 5.69. The van der Waals surface area contributed by atoms with Gasteiger partial charge in [0.25, 0.3) is 0 Å². The summed E-state index contributed by atoms with van der Waals surface area (Å²) in [5.41, 5.74) is 1.14. The maximum atomic E-state index is 13.4. The lowest BCUT2D eigenvalue weighted by molar-refractivity contribution is -0.141. The summed E-state index contributed by atoms with van der Waals surface area (Å²) >= 11 is 0. The fourth-order valence-corrected chi connectivity index (χ4v) is 4.80. The van der Waals surface area contributed by atoms with Crippen LogP contribution in [0.1, 0.15) is 45.1 Å². The van der Waals surface area contributed by atoms with Crippen molar-refractivity contribution < 1.29 is 27.1 Å². The molecule has 36 heavy (non-hydrogen) atoms. The number of carbonyl (C=O) groups excluding carboxylic acids is 2. The van der Waals surface area contributed by atoms with Gasteiger partial charge in [0.1, 0.15) is 17.6 Å². The highest BCUT2D eigenvalue weighted by Crippen LogP contribution is 2.24. The Kier molecular flexibility index (Phi) is 11.2. The van der Waals surface area contributed by atoms with Gasteiger partial charge in [0.15, 0.2) is 0 Å². The number of halogens is 1. The molecule has 0 fully saturated rings. The molecule has 0 radical (unpaired) electrons. The highest BCUT2D eigenvalue weighted by molar-refractivity contribution is 7.92. The van der Waals surface area contributed by atoms with Crippen molar-refractivity contribution >= 4 is 27.5 Å². The number of methoxy groups -OCH3 is 1. The molecule has 2 aromatic carbocycles. The smallest absolute Gasteiger partial charge is 0.242 e. The number of ether oxygens (including phenoxy) is 1. The minimum absolute atomic E-state index is 0.0364. The van der Waals surface area contributed by atoms with Crippen LogP contribution in [0.2, 0.25) is 0 Å². The van der Waals surface area contributed by atoms with Crippen molar-refractivity contribution in [3.05, 3.63) is 59.9 Å². The first kappa shape index (κ1) is 29.1. The Bertz CT molecular complexity index is 1110. The molecule has 0 heterocycles. The number of hydrogen-bond acceptors (Lipinski definition) is 5. The number of sulfonamides is 1. The number of anilines is 1. The normalized spacial score (nSPS) is 12.0. The first-order chi connectivity index (χ1) is 17.1. The summed E-state index contributed by atoms with van der Waals surface area (Å²) in [7, 11) is -2.11. The number of carbonyl (C=O) groups is 2. The number of hydrogen-bond donors (Lipinski definition) is 1. The van der Waals surface area contributed by atoms with Gasteiger partial charge in [-0.1, -0.05) is 32.0 Å². The van der Waals surface area contributed by atoms with Crippen molar-refractivity contribution in [2.45, 2.75) is 52.1 Å². The molecule has 1 unspecified atom stereocenters. The van der Waals surface area contributed by atoms with Crippen molar-refractivity contribution in [2.24, 2.45) is 0 Å². The molecule has 0 aliphatic rings. The van der Waals surface area contributed by atoms with Crippen LogP contribution in [0.3, 0.4) is 0 Å². The van der Waals surface area contributed by atoms with Crippen molar-refractivity contribution in [3.63, 3.8) is 0 Å². The largest absolute Gasteiger partial charge is 0.497 e. The summed E-state index contributed by atoms with van der Waals surface area (Å²) in [5.74, 6) is -0.393. The number of rotatable bonds is 14. The van der Waals surface area contributed by atoms with Gasteiger partial charge in [-0.25, -0.2) is 12.8 Å². The molecule has 0 saturated heterocycles. The van der Waals surface area contributed by atoms with Gasteiger partial charge in [-0.15, -0.1) is 0 Å². The summed E-state index contributed by atoms with van der Waals surface area (Å²) in [6.45, 7) is 4.50. The van der Waals surface area contributed by atoms with E-state index in [0.717, 1.165) is 12.7 Å². The van der Waals surface area contributed by atoms with Crippen LogP contribution in [0.15, 0.2) is 48.5 Å². The molecule has 198 valence electrons. The topological polar surface area (TPSA) is 96.0 Å². The van der Waals surface area contributed by atoms with E-state index in [1.54, 1.807) is 36.4 Å². The highest BCUT2D eigenvalue weighted by atomic mass is 32.2. The third-order valence-corrected chi connectivity index (χ3v) is 6.89. The van der Waals surface area contributed by atoms with E-state index in [4.69, 9.17) is 4.74 Å². The number of nitrogens with one attached hydrogen (secondary N) is 1. The molecule has 0 aliphatic heterocycles. The average Bonchev–Trinajstić information content (AvgIpc) is 2.85. The molecular formula is C26H36FN3O5S. The lowest BCUT2D eigenvalue weighted by Crippen LogP contribution is -2.49. The van der Waals surface area contributed by atoms with E-state index < -0.39 is 16.1 Å². The van der Waals surface area contributed by atoms with Crippen molar-refractivity contribution in [3.8, 4) is 5.75 Å². The second-order valence-corrected chi connectivity index (χ2v) is 10.4. The summed E-state index contributed by atoms with van der Waals surface area (Å²) in [6.07, 6.45) is 2.56.